The zero-order valence-corrected chi connectivity index (χ0v) is 18.0. The molecule has 0 aliphatic carbocycles. The predicted octanol–water partition coefficient (Wildman–Crippen LogP) is 5.68. The first-order chi connectivity index (χ1) is 12.9. The van der Waals surface area contributed by atoms with E-state index in [-0.39, 0.29) is 5.41 Å². The molecule has 3 rings (SSSR count). The summed E-state index contributed by atoms with van der Waals surface area (Å²) in [6, 6.07) is 32.9. The summed E-state index contributed by atoms with van der Waals surface area (Å²) in [5, 5.41) is 0. The van der Waals surface area contributed by atoms with Gasteiger partial charge in [0.05, 0.1) is 0 Å². The Labute approximate surface area is 171 Å². The third-order valence-electron chi connectivity index (χ3n) is 5.10. The first-order valence-electron chi connectivity index (χ1n) is 9.33. The molecule has 3 radical (unpaired) electrons. The van der Waals surface area contributed by atoms with Crippen molar-refractivity contribution in [3.05, 3.63) is 108 Å². The van der Waals surface area contributed by atoms with Gasteiger partial charge in [-0.15, -0.1) is 0 Å². The summed E-state index contributed by atoms with van der Waals surface area (Å²) < 4.78 is 5.32. The van der Waals surface area contributed by atoms with Crippen LogP contribution in [0.25, 0.3) is 0 Å². The molecular weight excluding hydrogens is 423 g/mol. The Bertz CT molecular complexity index is 659. The van der Waals surface area contributed by atoms with Crippen LogP contribution in [0.15, 0.2) is 91.0 Å². The molecule has 3 aromatic carbocycles. The van der Waals surface area contributed by atoms with Crippen LogP contribution in [-0.2, 0) is 8.49 Å². The molecule has 0 aliphatic rings. The summed E-state index contributed by atoms with van der Waals surface area (Å²) >= 11 is 1.17. The predicted molar refractivity (Wildman–Crippen MR) is 109 cm³/mol. The van der Waals surface area contributed by atoms with Crippen LogP contribution in [0.4, 0.5) is 0 Å². The van der Waals surface area contributed by atoms with E-state index >= 15 is 0 Å². The summed E-state index contributed by atoms with van der Waals surface area (Å²) in [5.74, 6) is 0. The molecule has 0 aromatic heterocycles. The molecule has 0 fully saturated rings. The quantitative estimate of drug-likeness (QED) is 0.233. The molecular formula is C24H25OSn. The average molecular weight is 448 g/mol. The third-order valence-corrected chi connectivity index (χ3v) is 5.68. The van der Waals surface area contributed by atoms with Crippen molar-refractivity contribution in [1.82, 2.24) is 0 Å². The first kappa shape index (κ1) is 19.2. The van der Waals surface area contributed by atoms with Crippen molar-refractivity contribution in [2.75, 3.05) is 6.61 Å². The average Bonchev–Trinajstić information content (AvgIpc) is 2.73. The van der Waals surface area contributed by atoms with Gasteiger partial charge in [0.2, 0.25) is 0 Å². The van der Waals surface area contributed by atoms with Gasteiger partial charge in [0.25, 0.3) is 0 Å². The van der Waals surface area contributed by atoms with Crippen LogP contribution in [0.3, 0.4) is 0 Å². The van der Waals surface area contributed by atoms with Gasteiger partial charge in [0.1, 0.15) is 0 Å². The van der Waals surface area contributed by atoms with Gasteiger partial charge in [-0.3, -0.25) is 0 Å². The molecule has 0 saturated heterocycles. The molecule has 1 nitrogen and oxygen atoms in total. The van der Waals surface area contributed by atoms with Crippen LogP contribution in [0.1, 0.15) is 42.4 Å². The van der Waals surface area contributed by atoms with Crippen molar-refractivity contribution in [3.8, 4) is 0 Å². The van der Waals surface area contributed by atoms with Crippen LogP contribution in [0, 0.1) is 0 Å². The van der Waals surface area contributed by atoms with Gasteiger partial charge in [-0.2, -0.15) is 0 Å². The van der Waals surface area contributed by atoms with Gasteiger partial charge < -0.3 is 0 Å². The van der Waals surface area contributed by atoms with Crippen molar-refractivity contribution in [3.63, 3.8) is 0 Å². The number of unbranched alkanes of at least 4 members (excludes halogenated alkanes) is 2. The summed E-state index contributed by atoms with van der Waals surface area (Å²) in [5.41, 5.74) is 4.00. The summed E-state index contributed by atoms with van der Waals surface area (Å²) in [6.45, 7) is 0.882. The van der Waals surface area contributed by atoms with Crippen LogP contribution >= 0.6 is 0 Å². The monoisotopic (exact) mass is 449 g/mol. The second-order valence-corrected chi connectivity index (χ2v) is 7.49. The molecule has 0 saturated carbocycles. The van der Waals surface area contributed by atoms with Crippen molar-refractivity contribution in [2.45, 2.75) is 31.1 Å². The number of rotatable bonds is 9. The molecule has 131 valence electrons. The molecule has 0 heterocycles. The molecule has 0 spiro atoms. The molecule has 0 atom stereocenters. The van der Waals surface area contributed by atoms with E-state index in [0.717, 1.165) is 19.4 Å². The summed E-state index contributed by atoms with van der Waals surface area (Å²) in [7, 11) is 0. The maximum atomic E-state index is 5.32. The fraction of sp³-hybridized carbons (Fsp3) is 0.250. The Hall–Kier alpha value is -1.58. The van der Waals surface area contributed by atoms with Gasteiger partial charge in [0, 0.05) is 0 Å². The Kier molecular flexibility index (Phi) is 7.33. The SMILES string of the molecule is [Sn][O]CCCCCC(c1ccccc1)(c1ccccc1)c1ccccc1. The van der Waals surface area contributed by atoms with E-state index in [2.05, 4.69) is 91.0 Å². The maximum absolute atomic E-state index is 5.32. The molecule has 0 amide bonds. The minimum absolute atomic E-state index is 0.109. The number of hydrogen-bond acceptors (Lipinski definition) is 1. The number of hydrogen-bond donors (Lipinski definition) is 0. The molecule has 0 aliphatic heterocycles. The molecule has 0 bridgehead atoms. The third kappa shape index (κ3) is 4.39. The standard InChI is InChI=1S/C24H25O.Sn/c25-20-12-4-11-19-24(21-13-5-1-6-14-21,22-15-7-2-8-16-22)23-17-9-3-10-18-23;/h1-3,5-10,13-18H,4,11-12,19-20H2;/q-1;+1. The van der Waals surface area contributed by atoms with Crippen molar-refractivity contribution in [2.24, 2.45) is 0 Å². The van der Waals surface area contributed by atoms with Gasteiger partial charge in [-0.25, -0.2) is 0 Å². The molecule has 2 heteroatoms. The van der Waals surface area contributed by atoms with Gasteiger partial charge in [0.15, 0.2) is 0 Å². The van der Waals surface area contributed by atoms with Crippen molar-refractivity contribution >= 4 is 22.9 Å². The first-order valence-corrected chi connectivity index (χ1v) is 10.5. The summed E-state index contributed by atoms with van der Waals surface area (Å²) in [4.78, 5) is 0. The Morgan fingerprint density at radius 1 is 0.577 bits per heavy atom. The van der Waals surface area contributed by atoms with E-state index in [4.69, 9.17) is 3.07 Å². The van der Waals surface area contributed by atoms with E-state index in [9.17, 15) is 0 Å². The zero-order chi connectivity index (χ0) is 18.1. The Morgan fingerprint density at radius 3 is 1.38 bits per heavy atom. The summed E-state index contributed by atoms with van der Waals surface area (Å²) in [6.07, 6.45) is 4.61. The second-order valence-electron chi connectivity index (χ2n) is 6.66. The van der Waals surface area contributed by atoms with Crippen LogP contribution in [0.5, 0.6) is 0 Å². The minimum atomic E-state index is -0.109. The van der Waals surface area contributed by atoms with E-state index in [1.54, 1.807) is 0 Å². The second kappa shape index (κ2) is 9.94. The van der Waals surface area contributed by atoms with Crippen LogP contribution in [-0.4, -0.2) is 29.5 Å². The normalized spacial score (nSPS) is 11.4. The van der Waals surface area contributed by atoms with E-state index in [1.807, 2.05) is 0 Å². The Balaban J connectivity index is 2.06. The molecule has 0 N–H and O–H groups in total. The van der Waals surface area contributed by atoms with Crippen LogP contribution < -0.4 is 0 Å². The van der Waals surface area contributed by atoms with E-state index in [0.29, 0.717) is 0 Å². The molecule has 0 unspecified atom stereocenters. The zero-order valence-electron chi connectivity index (χ0n) is 15.1. The molecule has 3 aromatic rings. The van der Waals surface area contributed by atoms with Crippen molar-refractivity contribution in [1.29, 1.82) is 0 Å². The topological polar surface area (TPSA) is 9.23 Å². The fourth-order valence-electron chi connectivity index (χ4n) is 3.84. The Morgan fingerprint density at radius 2 is 1.00 bits per heavy atom. The van der Waals surface area contributed by atoms with E-state index in [1.165, 1.54) is 52.5 Å². The number of benzene rings is 3. The van der Waals surface area contributed by atoms with Crippen LogP contribution in [0.2, 0.25) is 0 Å². The van der Waals surface area contributed by atoms with Gasteiger partial charge >= 0.3 is 171 Å². The van der Waals surface area contributed by atoms with Gasteiger partial charge in [-0.1, -0.05) is 0 Å². The van der Waals surface area contributed by atoms with Gasteiger partial charge in [-0.05, 0) is 0 Å². The fourth-order valence-corrected chi connectivity index (χ4v) is 4.25. The molecule has 26 heavy (non-hydrogen) atoms. The van der Waals surface area contributed by atoms with E-state index < -0.39 is 0 Å². The van der Waals surface area contributed by atoms with Crippen molar-refractivity contribution < 1.29 is 3.07 Å².